The molecule has 1 aliphatic rings. The van der Waals surface area contributed by atoms with Crippen LogP contribution in [0.15, 0.2) is 18.2 Å². The molecule has 1 aliphatic heterocycles. The molecule has 1 aromatic carbocycles. The third-order valence-electron chi connectivity index (χ3n) is 3.02. The summed E-state index contributed by atoms with van der Waals surface area (Å²) < 4.78 is 24.3. The van der Waals surface area contributed by atoms with Crippen molar-refractivity contribution < 1.29 is 13.9 Å². The minimum atomic E-state index is -0.210. The molecule has 17 heavy (non-hydrogen) atoms. The van der Waals surface area contributed by atoms with Crippen LogP contribution in [-0.4, -0.2) is 25.4 Å². The molecule has 4 heteroatoms. The zero-order valence-corrected chi connectivity index (χ0v) is 9.99. The average molecular weight is 239 g/mol. The maximum atomic E-state index is 13.0. The van der Waals surface area contributed by atoms with Crippen LogP contribution in [0.25, 0.3) is 0 Å². The Morgan fingerprint density at radius 3 is 2.82 bits per heavy atom. The summed E-state index contributed by atoms with van der Waals surface area (Å²) >= 11 is 0. The van der Waals surface area contributed by atoms with Crippen molar-refractivity contribution in [3.63, 3.8) is 0 Å². The first-order valence-electron chi connectivity index (χ1n) is 5.93. The van der Waals surface area contributed by atoms with Gasteiger partial charge in [-0.15, -0.1) is 0 Å². The van der Waals surface area contributed by atoms with Crippen molar-refractivity contribution in [2.24, 2.45) is 5.73 Å². The van der Waals surface area contributed by atoms with E-state index in [2.05, 4.69) is 0 Å². The number of halogens is 1. The highest BCUT2D eigenvalue weighted by molar-refractivity contribution is 5.28. The highest BCUT2D eigenvalue weighted by Gasteiger charge is 2.24. The predicted octanol–water partition coefficient (Wildman–Crippen LogP) is 2.02. The molecule has 2 unspecified atom stereocenters. The Hall–Kier alpha value is -1.13. The summed E-state index contributed by atoms with van der Waals surface area (Å²) in [5, 5.41) is 0. The SMILES string of the molecule is Cc1cc(OCC2CCC(CN)O2)ccc1F. The first-order valence-corrected chi connectivity index (χ1v) is 5.93. The molecule has 1 fully saturated rings. The molecular weight excluding hydrogens is 221 g/mol. The summed E-state index contributed by atoms with van der Waals surface area (Å²) in [5.74, 6) is 0.473. The first-order chi connectivity index (χ1) is 8.19. The lowest BCUT2D eigenvalue weighted by Crippen LogP contribution is -2.23. The number of aryl methyl sites for hydroxylation is 1. The van der Waals surface area contributed by atoms with E-state index >= 15 is 0 Å². The van der Waals surface area contributed by atoms with Gasteiger partial charge in [-0.3, -0.25) is 0 Å². The summed E-state index contributed by atoms with van der Waals surface area (Å²) in [6.45, 7) is 2.78. The molecule has 1 aromatic rings. The van der Waals surface area contributed by atoms with Gasteiger partial charge in [0.1, 0.15) is 18.2 Å². The Morgan fingerprint density at radius 1 is 1.41 bits per heavy atom. The topological polar surface area (TPSA) is 44.5 Å². The molecule has 1 saturated heterocycles. The maximum Gasteiger partial charge on any atom is 0.126 e. The Labute approximate surface area is 101 Å². The molecule has 0 spiro atoms. The van der Waals surface area contributed by atoms with E-state index in [-0.39, 0.29) is 18.0 Å². The smallest absolute Gasteiger partial charge is 0.126 e. The summed E-state index contributed by atoms with van der Waals surface area (Å²) in [6, 6.07) is 4.76. The second-order valence-corrected chi connectivity index (χ2v) is 4.42. The monoisotopic (exact) mass is 239 g/mol. The van der Waals surface area contributed by atoms with E-state index in [1.165, 1.54) is 6.07 Å². The van der Waals surface area contributed by atoms with Crippen molar-refractivity contribution in [1.82, 2.24) is 0 Å². The number of nitrogens with two attached hydrogens (primary N) is 1. The average Bonchev–Trinajstić information content (AvgIpc) is 2.79. The van der Waals surface area contributed by atoms with Crippen LogP contribution in [0.3, 0.4) is 0 Å². The Balaban J connectivity index is 1.84. The zero-order chi connectivity index (χ0) is 12.3. The molecule has 0 bridgehead atoms. The van der Waals surface area contributed by atoms with Gasteiger partial charge in [-0.2, -0.15) is 0 Å². The fourth-order valence-corrected chi connectivity index (χ4v) is 1.97. The van der Waals surface area contributed by atoms with Crippen LogP contribution in [0, 0.1) is 12.7 Å². The summed E-state index contributed by atoms with van der Waals surface area (Å²) in [6.07, 6.45) is 2.24. The normalized spacial score (nSPS) is 23.9. The highest BCUT2D eigenvalue weighted by Crippen LogP contribution is 2.21. The van der Waals surface area contributed by atoms with Crippen LogP contribution in [-0.2, 0) is 4.74 Å². The molecule has 94 valence electrons. The van der Waals surface area contributed by atoms with Gasteiger partial charge in [0, 0.05) is 6.54 Å². The van der Waals surface area contributed by atoms with E-state index in [4.69, 9.17) is 15.2 Å². The van der Waals surface area contributed by atoms with E-state index in [9.17, 15) is 4.39 Å². The van der Waals surface area contributed by atoms with Crippen molar-refractivity contribution >= 4 is 0 Å². The van der Waals surface area contributed by atoms with Crippen molar-refractivity contribution in [3.05, 3.63) is 29.6 Å². The first kappa shape index (κ1) is 12.3. The van der Waals surface area contributed by atoms with Gasteiger partial charge in [0.2, 0.25) is 0 Å². The molecular formula is C13H18FNO2. The summed E-state index contributed by atoms with van der Waals surface area (Å²) in [4.78, 5) is 0. The van der Waals surface area contributed by atoms with Gasteiger partial charge in [0.25, 0.3) is 0 Å². The van der Waals surface area contributed by atoms with Crippen LogP contribution in [0.5, 0.6) is 5.75 Å². The molecule has 1 heterocycles. The lowest BCUT2D eigenvalue weighted by Gasteiger charge is -2.14. The third kappa shape index (κ3) is 3.17. The van der Waals surface area contributed by atoms with Crippen LogP contribution < -0.4 is 10.5 Å². The number of ether oxygens (including phenoxy) is 2. The van der Waals surface area contributed by atoms with Crippen molar-refractivity contribution in [2.45, 2.75) is 32.0 Å². The Kier molecular flexibility index (Phi) is 3.97. The number of benzene rings is 1. The van der Waals surface area contributed by atoms with E-state index in [0.29, 0.717) is 24.5 Å². The fourth-order valence-electron chi connectivity index (χ4n) is 1.97. The molecule has 0 aromatic heterocycles. The predicted molar refractivity (Wildman–Crippen MR) is 63.6 cm³/mol. The highest BCUT2D eigenvalue weighted by atomic mass is 19.1. The summed E-state index contributed by atoms with van der Waals surface area (Å²) in [5.41, 5.74) is 6.12. The minimum absolute atomic E-state index is 0.105. The third-order valence-corrected chi connectivity index (χ3v) is 3.02. The fraction of sp³-hybridized carbons (Fsp3) is 0.538. The Morgan fingerprint density at radius 2 is 2.18 bits per heavy atom. The lowest BCUT2D eigenvalue weighted by molar-refractivity contribution is 0.0222. The minimum Gasteiger partial charge on any atom is -0.491 e. The zero-order valence-electron chi connectivity index (χ0n) is 9.99. The molecule has 0 saturated carbocycles. The summed E-state index contributed by atoms with van der Waals surface area (Å²) in [7, 11) is 0. The van der Waals surface area contributed by atoms with Crippen molar-refractivity contribution in [2.75, 3.05) is 13.2 Å². The van der Waals surface area contributed by atoms with Gasteiger partial charge in [-0.1, -0.05) is 0 Å². The van der Waals surface area contributed by atoms with Crippen molar-refractivity contribution in [1.29, 1.82) is 0 Å². The van der Waals surface area contributed by atoms with Crippen LogP contribution in [0.4, 0.5) is 4.39 Å². The second kappa shape index (κ2) is 5.47. The van der Waals surface area contributed by atoms with Gasteiger partial charge < -0.3 is 15.2 Å². The molecule has 3 nitrogen and oxygen atoms in total. The lowest BCUT2D eigenvalue weighted by atomic mass is 10.2. The van der Waals surface area contributed by atoms with Gasteiger partial charge in [-0.05, 0) is 43.5 Å². The molecule has 0 amide bonds. The second-order valence-electron chi connectivity index (χ2n) is 4.42. The van der Waals surface area contributed by atoms with E-state index < -0.39 is 0 Å². The van der Waals surface area contributed by atoms with Gasteiger partial charge in [-0.25, -0.2) is 4.39 Å². The van der Waals surface area contributed by atoms with Gasteiger partial charge >= 0.3 is 0 Å². The Bertz CT molecular complexity index is 384. The van der Waals surface area contributed by atoms with E-state index in [1.54, 1.807) is 19.1 Å². The van der Waals surface area contributed by atoms with E-state index in [1.807, 2.05) is 0 Å². The molecule has 2 N–H and O–H groups in total. The standard InChI is InChI=1S/C13H18FNO2/c1-9-6-10(4-5-13(9)14)16-8-12-3-2-11(7-15)17-12/h4-6,11-12H,2-3,7-8,15H2,1H3. The maximum absolute atomic E-state index is 13.0. The number of rotatable bonds is 4. The van der Waals surface area contributed by atoms with Crippen LogP contribution in [0.1, 0.15) is 18.4 Å². The van der Waals surface area contributed by atoms with Crippen LogP contribution in [0.2, 0.25) is 0 Å². The quantitative estimate of drug-likeness (QED) is 0.874. The van der Waals surface area contributed by atoms with E-state index in [0.717, 1.165) is 12.8 Å². The molecule has 2 rings (SSSR count). The van der Waals surface area contributed by atoms with Gasteiger partial charge in [0.15, 0.2) is 0 Å². The molecule has 0 radical (unpaired) electrons. The molecule has 0 aliphatic carbocycles. The molecule has 2 atom stereocenters. The number of hydrogen-bond acceptors (Lipinski definition) is 3. The van der Waals surface area contributed by atoms with Crippen LogP contribution >= 0.6 is 0 Å². The number of hydrogen-bond donors (Lipinski definition) is 1. The largest absolute Gasteiger partial charge is 0.491 e. The van der Waals surface area contributed by atoms with Crippen molar-refractivity contribution in [3.8, 4) is 5.75 Å². The van der Waals surface area contributed by atoms with Gasteiger partial charge in [0.05, 0.1) is 12.2 Å².